The van der Waals surface area contributed by atoms with Gasteiger partial charge in [-0.3, -0.25) is 4.79 Å². The fourth-order valence-corrected chi connectivity index (χ4v) is 2.18. The maximum Gasteiger partial charge on any atom is 0.273 e. The Morgan fingerprint density at radius 3 is 2.47 bits per heavy atom. The van der Waals surface area contributed by atoms with Gasteiger partial charge in [0, 0.05) is 18.5 Å². The summed E-state index contributed by atoms with van der Waals surface area (Å²) in [7, 11) is 0. The molecule has 4 heteroatoms. The molecule has 100 valence electrons. The highest BCUT2D eigenvalue weighted by molar-refractivity contribution is 6.04. The van der Waals surface area contributed by atoms with Crippen LogP contribution in [0.15, 0.2) is 30.6 Å². The van der Waals surface area contributed by atoms with Crippen LogP contribution in [0.1, 0.15) is 37.2 Å². The van der Waals surface area contributed by atoms with Gasteiger partial charge in [-0.2, -0.15) is 0 Å². The van der Waals surface area contributed by atoms with Crippen LogP contribution in [0.2, 0.25) is 0 Å². The SMILES string of the molecule is CCCN(CCC)C(=O)c1ncnc2ccccc12. The van der Waals surface area contributed by atoms with E-state index in [-0.39, 0.29) is 5.91 Å². The van der Waals surface area contributed by atoms with Gasteiger partial charge in [0.15, 0.2) is 0 Å². The number of amides is 1. The summed E-state index contributed by atoms with van der Waals surface area (Å²) in [6.07, 6.45) is 3.37. The van der Waals surface area contributed by atoms with Gasteiger partial charge in [-0.15, -0.1) is 0 Å². The number of nitrogens with zero attached hydrogens (tertiary/aromatic N) is 3. The highest BCUT2D eigenvalue weighted by atomic mass is 16.2. The number of carbonyl (C=O) groups is 1. The van der Waals surface area contributed by atoms with E-state index in [0.717, 1.165) is 36.8 Å². The normalized spacial score (nSPS) is 10.6. The quantitative estimate of drug-likeness (QED) is 0.827. The van der Waals surface area contributed by atoms with Crippen molar-refractivity contribution in [2.75, 3.05) is 13.1 Å². The number of aromatic nitrogens is 2. The molecule has 0 N–H and O–H groups in total. The lowest BCUT2D eigenvalue weighted by molar-refractivity contribution is 0.0751. The van der Waals surface area contributed by atoms with Crippen LogP contribution < -0.4 is 0 Å². The zero-order valence-corrected chi connectivity index (χ0v) is 11.5. The third kappa shape index (κ3) is 2.89. The molecule has 1 heterocycles. The molecule has 4 nitrogen and oxygen atoms in total. The Labute approximate surface area is 113 Å². The van der Waals surface area contributed by atoms with Crippen molar-refractivity contribution in [1.29, 1.82) is 0 Å². The molecule has 0 unspecified atom stereocenters. The lowest BCUT2D eigenvalue weighted by Crippen LogP contribution is -2.33. The molecule has 0 fully saturated rings. The molecule has 1 aromatic carbocycles. The van der Waals surface area contributed by atoms with Crippen LogP contribution in [0.4, 0.5) is 0 Å². The summed E-state index contributed by atoms with van der Waals surface area (Å²) in [5.41, 5.74) is 1.32. The highest BCUT2D eigenvalue weighted by Crippen LogP contribution is 2.16. The number of benzene rings is 1. The van der Waals surface area contributed by atoms with Gasteiger partial charge in [0.25, 0.3) is 5.91 Å². The number of carbonyl (C=O) groups excluding carboxylic acids is 1. The van der Waals surface area contributed by atoms with Gasteiger partial charge < -0.3 is 4.90 Å². The second kappa shape index (κ2) is 6.27. The molecule has 0 aliphatic carbocycles. The minimum absolute atomic E-state index is 0.00213. The maximum atomic E-state index is 12.6. The third-order valence-electron chi connectivity index (χ3n) is 3.02. The Balaban J connectivity index is 2.39. The average molecular weight is 257 g/mol. The summed E-state index contributed by atoms with van der Waals surface area (Å²) in [4.78, 5) is 22.8. The van der Waals surface area contributed by atoms with Crippen molar-refractivity contribution in [3.63, 3.8) is 0 Å². The molecule has 0 saturated carbocycles. The second-order valence-corrected chi connectivity index (χ2v) is 4.53. The van der Waals surface area contributed by atoms with Gasteiger partial charge in [-0.25, -0.2) is 9.97 Å². The summed E-state index contributed by atoms with van der Waals surface area (Å²) in [5, 5.41) is 0.826. The molecule has 0 spiro atoms. The van der Waals surface area contributed by atoms with E-state index < -0.39 is 0 Å². The number of hydrogen-bond donors (Lipinski definition) is 0. The first-order valence-electron chi connectivity index (χ1n) is 6.77. The van der Waals surface area contributed by atoms with Crippen molar-refractivity contribution < 1.29 is 4.79 Å². The smallest absolute Gasteiger partial charge is 0.273 e. The lowest BCUT2D eigenvalue weighted by atomic mass is 10.1. The minimum Gasteiger partial charge on any atom is -0.337 e. The molecular weight excluding hydrogens is 238 g/mol. The van der Waals surface area contributed by atoms with Crippen molar-refractivity contribution in [2.45, 2.75) is 26.7 Å². The first-order chi connectivity index (χ1) is 9.27. The van der Waals surface area contributed by atoms with Crippen molar-refractivity contribution in [1.82, 2.24) is 14.9 Å². The second-order valence-electron chi connectivity index (χ2n) is 4.53. The molecule has 2 aromatic rings. The maximum absolute atomic E-state index is 12.6. The van der Waals surface area contributed by atoms with Gasteiger partial charge in [0.05, 0.1) is 5.52 Å². The predicted octanol–water partition coefficient (Wildman–Crippen LogP) is 2.89. The van der Waals surface area contributed by atoms with Gasteiger partial charge >= 0.3 is 0 Å². The van der Waals surface area contributed by atoms with Gasteiger partial charge in [-0.1, -0.05) is 32.0 Å². The van der Waals surface area contributed by atoms with Crippen LogP contribution >= 0.6 is 0 Å². The van der Waals surface area contributed by atoms with Crippen LogP contribution in [0, 0.1) is 0 Å². The monoisotopic (exact) mass is 257 g/mol. The van der Waals surface area contributed by atoms with Gasteiger partial charge in [0.1, 0.15) is 12.0 Å². The van der Waals surface area contributed by atoms with Gasteiger partial charge in [-0.05, 0) is 18.9 Å². The third-order valence-corrected chi connectivity index (χ3v) is 3.02. The van der Waals surface area contributed by atoms with Crippen LogP contribution in [0.25, 0.3) is 10.9 Å². The summed E-state index contributed by atoms with van der Waals surface area (Å²) in [6.45, 7) is 5.69. The van der Waals surface area contributed by atoms with Crippen molar-refractivity contribution in [2.24, 2.45) is 0 Å². The topological polar surface area (TPSA) is 46.1 Å². The first-order valence-corrected chi connectivity index (χ1v) is 6.77. The number of fused-ring (bicyclic) bond motifs is 1. The van der Waals surface area contributed by atoms with E-state index in [0.29, 0.717) is 5.69 Å². The fourth-order valence-electron chi connectivity index (χ4n) is 2.18. The highest BCUT2D eigenvalue weighted by Gasteiger charge is 2.18. The van der Waals surface area contributed by atoms with E-state index in [1.54, 1.807) is 0 Å². The molecule has 19 heavy (non-hydrogen) atoms. The van der Waals surface area contributed by atoms with E-state index in [4.69, 9.17) is 0 Å². The van der Waals surface area contributed by atoms with Crippen molar-refractivity contribution in [3.05, 3.63) is 36.3 Å². The number of hydrogen-bond acceptors (Lipinski definition) is 3. The molecule has 0 radical (unpaired) electrons. The largest absolute Gasteiger partial charge is 0.337 e. The van der Waals surface area contributed by atoms with E-state index in [1.165, 1.54) is 6.33 Å². The standard InChI is InChI=1S/C15H19N3O/c1-3-9-18(10-4-2)15(19)14-12-7-5-6-8-13(12)16-11-17-14/h5-8,11H,3-4,9-10H2,1-2H3. The molecule has 0 saturated heterocycles. The minimum atomic E-state index is 0.00213. The fraction of sp³-hybridized carbons (Fsp3) is 0.400. The Morgan fingerprint density at radius 1 is 1.11 bits per heavy atom. The molecule has 0 atom stereocenters. The molecule has 0 bridgehead atoms. The Morgan fingerprint density at radius 2 is 1.79 bits per heavy atom. The van der Waals surface area contributed by atoms with Gasteiger partial charge in [0.2, 0.25) is 0 Å². The molecular formula is C15H19N3O. The van der Waals surface area contributed by atoms with Crippen LogP contribution in [0.3, 0.4) is 0 Å². The first kappa shape index (κ1) is 13.5. The molecule has 1 amide bonds. The summed E-state index contributed by atoms with van der Waals surface area (Å²) >= 11 is 0. The number of rotatable bonds is 5. The van der Waals surface area contributed by atoms with E-state index in [1.807, 2.05) is 29.2 Å². The van der Waals surface area contributed by atoms with Crippen LogP contribution in [-0.4, -0.2) is 33.9 Å². The summed E-state index contributed by atoms with van der Waals surface area (Å²) < 4.78 is 0. The zero-order chi connectivity index (χ0) is 13.7. The lowest BCUT2D eigenvalue weighted by Gasteiger charge is -2.21. The summed E-state index contributed by atoms with van der Waals surface area (Å²) in [5.74, 6) is 0.00213. The average Bonchev–Trinajstić information content (AvgIpc) is 2.46. The van der Waals surface area contributed by atoms with E-state index in [2.05, 4.69) is 23.8 Å². The number of para-hydroxylation sites is 1. The van der Waals surface area contributed by atoms with Crippen LogP contribution in [0.5, 0.6) is 0 Å². The van der Waals surface area contributed by atoms with Crippen LogP contribution in [-0.2, 0) is 0 Å². The van der Waals surface area contributed by atoms with E-state index in [9.17, 15) is 4.79 Å². The molecule has 1 aromatic heterocycles. The zero-order valence-electron chi connectivity index (χ0n) is 11.5. The van der Waals surface area contributed by atoms with E-state index >= 15 is 0 Å². The molecule has 2 rings (SSSR count). The van der Waals surface area contributed by atoms with Crippen molar-refractivity contribution in [3.8, 4) is 0 Å². The van der Waals surface area contributed by atoms with Crippen molar-refractivity contribution >= 4 is 16.8 Å². The Hall–Kier alpha value is -1.97. The molecule has 0 aliphatic rings. The predicted molar refractivity (Wildman–Crippen MR) is 76.0 cm³/mol. The Bertz CT molecular complexity index is 557. The molecule has 0 aliphatic heterocycles. The summed E-state index contributed by atoms with van der Waals surface area (Å²) in [6, 6.07) is 7.63. The Kier molecular flexibility index (Phi) is 4.44.